The predicted octanol–water partition coefficient (Wildman–Crippen LogP) is 2.91. The third kappa shape index (κ3) is 3.12. The van der Waals surface area contributed by atoms with E-state index in [0.717, 1.165) is 16.9 Å². The average Bonchev–Trinajstić information content (AvgIpc) is 2.38. The standard InChI is InChI=1S/C13H14ClN3O2/c1-4-19-13-16-11(15-12(14)17-13)10-6-5-9(18-3)7-8(10)2/h5-7H,4H2,1-3H3. The summed E-state index contributed by atoms with van der Waals surface area (Å²) in [5, 5.41) is 0.115. The van der Waals surface area contributed by atoms with Crippen molar-refractivity contribution in [1.82, 2.24) is 15.0 Å². The maximum atomic E-state index is 5.88. The van der Waals surface area contributed by atoms with Gasteiger partial charge in [-0.1, -0.05) is 0 Å². The van der Waals surface area contributed by atoms with E-state index >= 15 is 0 Å². The molecule has 0 saturated heterocycles. The van der Waals surface area contributed by atoms with E-state index in [0.29, 0.717) is 12.4 Å². The quantitative estimate of drug-likeness (QED) is 0.861. The van der Waals surface area contributed by atoms with E-state index in [1.54, 1.807) is 7.11 Å². The number of methoxy groups -OCH3 is 1. The highest BCUT2D eigenvalue weighted by Gasteiger charge is 2.10. The summed E-state index contributed by atoms with van der Waals surface area (Å²) in [4.78, 5) is 12.3. The molecule has 19 heavy (non-hydrogen) atoms. The summed E-state index contributed by atoms with van der Waals surface area (Å²) >= 11 is 5.88. The molecule has 0 radical (unpaired) electrons. The maximum Gasteiger partial charge on any atom is 0.321 e. The molecular weight excluding hydrogens is 266 g/mol. The first-order valence-electron chi connectivity index (χ1n) is 5.83. The first kappa shape index (κ1) is 13.5. The lowest BCUT2D eigenvalue weighted by molar-refractivity contribution is 0.312. The number of halogens is 1. The Morgan fingerprint density at radius 3 is 2.63 bits per heavy atom. The van der Waals surface area contributed by atoms with Crippen LogP contribution in [0.25, 0.3) is 11.4 Å². The summed E-state index contributed by atoms with van der Waals surface area (Å²) in [6, 6.07) is 5.87. The molecule has 0 bridgehead atoms. The molecule has 100 valence electrons. The molecule has 1 aromatic carbocycles. The largest absolute Gasteiger partial charge is 0.497 e. The Labute approximate surface area is 116 Å². The number of hydrogen-bond donors (Lipinski definition) is 0. The lowest BCUT2D eigenvalue weighted by atomic mass is 10.1. The van der Waals surface area contributed by atoms with Crippen LogP contribution in [0.4, 0.5) is 0 Å². The Bertz CT molecular complexity index is 590. The van der Waals surface area contributed by atoms with Crippen LogP contribution in [0.2, 0.25) is 5.28 Å². The molecular formula is C13H14ClN3O2. The molecule has 0 aliphatic heterocycles. The Morgan fingerprint density at radius 1 is 1.21 bits per heavy atom. The van der Waals surface area contributed by atoms with Crippen LogP contribution < -0.4 is 9.47 Å². The van der Waals surface area contributed by atoms with E-state index in [1.165, 1.54) is 0 Å². The van der Waals surface area contributed by atoms with Gasteiger partial charge in [-0.25, -0.2) is 0 Å². The van der Waals surface area contributed by atoms with Gasteiger partial charge in [0.1, 0.15) is 5.75 Å². The summed E-state index contributed by atoms with van der Waals surface area (Å²) in [7, 11) is 1.63. The van der Waals surface area contributed by atoms with Crippen LogP contribution in [0.5, 0.6) is 11.8 Å². The van der Waals surface area contributed by atoms with Gasteiger partial charge in [-0.2, -0.15) is 15.0 Å². The second-order valence-electron chi connectivity index (χ2n) is 3.82. The topological polar surface area (TPSA) is 57.1 Å². The maximum absolute atomic E-state index is 5.88. The summed E-state index contributed by atoms with van der Waals surface area (Å²) in [6.07, 6.45) is 0. The van der Waals surface area contributed by atoms with Crippen molar-refractivity contribution >= 4 is 11.6 Å². The van der Waals surface area contributed by atoms with Crippen molar-refractivity contribution in [3.8, 4) is 23.1 Å². The predicted molar refractivity (Wildman–Crippen MR) is 72.7 cm³/mol. The third-order valence-electron chi connectivity index (χ3n) is 2.54. The minimum absolute atomic E-state index is 0.115. The zero-order valence-electron chi connectivity index (χ0n) is 11.0. The van der Waals surface area contributed by atoms with Gasteiger partial charge in [0, 0.05) is 5.56 Å². The van der Waals surface area contributed by atoms with Crippen molar-refractivity contribution in [2.75, 3.05) is 13.7 Å². The Balaban J connectivity index is 2.46. The number of hydrogen-bond acceptors (Lipinski definition) is 5. The molecule has 0 aliphatic rings. The molecule has 0 saturated carbocycles. The molecule has 5 nitrogen and oxygen atoms in total. The number of benzene rings is 1. The van der Waals surface area contributed by atoms with Gasteiger partial charge in [0.05, 0.1) is 13.7 Å². The smallest absolute Gasteiger partial charge is 0.321 e. The minimum Gasteiger partial charge on any atom is -0.497 e. The van der Waals surface area contributed by atoms with Crippen LogP contribution in [0.1, 0.15) is 12.5 Å². The van der Waals surface area contributed by atoms with E-state index in [4.69, 9.17) is 21.1 Å². The van der Waals surface area contributed by atoms with Crippen LogP contribution in [0, 0.1) is 6.92 Å². The van der Waals surface area contributed by atoms with Gasteiger partial charge in [0.2, 0.25) is 5.28 Å². The van der Waals surface area contributed by atoms with Gasteiger partial charge in [-0.15, -0.1) is 0 Å². The number of rotatable bonds is 4. The molecule has 0 spiro atoms. The van der Waals surface area contributed by atoms with E-state index in [9.17, 15) is 0 Å². The normalized spacial score (nSPS) is 10.3. The molecule has 0 fully saturated rings. The van der Waals surface area contributed by atoms with Gasteiger partial charge < -0.3 is 9.47 Å². The monoisotopic (exact) mass is 279 g/mol. The SMILES string of the molecule is CCOc1nc(Cl)nc(-c2ccc(OC)cc2C)n1. The Kier molecular flexibility index (Phi) is 4.16. The minimum atomic E-state index is 0.115. The van der Waals surface area contributed by atoms with Crippen LogP contribution >= 0.6 is 11.6 Å². The highest BCUT2D eigenvalue weighted by Crippen LogP contribution is 2.25. The van der Waals surface area contributed by atoms with Crippen molar-refractivity contribution < 1.29 is 9.47 Å². The molecule has 2 aromatic rings. The first-order chi connectivity index (χ1) is 9.13. The van der Waals surface area contributed by atoms with Crippen molar-refractivity contribution in [3.63, 3.8) is 0 Å². The highest BCUT2D eigenvalue weighted by molar-refractivity contribution is 6.28. The van der Waals surface area contributed by atoms with E-state index < -0.39 is 0 Å². The highest BCUT2D eigenvalue weighted by atomic mass is 35.5. The van der Waals surface area contributed by atoms with Crippen LogP contribution in [0.15, 0.2) is 18.2 Å². The Hall–Kier alpha value is -1.88. The molecule has 0 N–H and O–H groups in total. The number of nitrogens with zero attached hydrogens (tertiary/aromatic N) is 3. The van der Waals surface area contributed by atoms with Gasteiger partial charge >= 0.3 is 6.01 Å². The molecule has 0 amide bonds. The van der Waals surface area contributed by atoms with Gasteiger partial charge in [0.15, 0.2) is 5.82 Å². The fourth-order valence-corrected chi connectivity index (χ4v) is 1.81. The van der Waals surface area contributed by atoms with Crippen molar-refractivity contribution in [3.05, 3.63) is 29.0 Å². The third-order valence-corrected chi connectivity index (χ3v) is 2.70. The van der Waals surface area contributed by atoms with Crippen LogP contribution in [-0.2, 0) is 0 Å². The van der Waals surface area contributed by atoms with Crippen LogP contribution in [0.3, 0.4) is 0 Å². The lowest BCUT2D eigenvalue weighted by Gasteiger charge is -2.08. The number of ether oxygens (including phenoxy) is 2. The summed E-state index contributed by atoms with van der Waals surface area (Å²) in [5.74, 6) is 1.27. The van der Waals surface area contributed by atoms with Crippen molar-refractivity contribution in [2.45, 2.75) is 13.8 Å². The second-order valence-corrected chi connectivity index (χ2v) is 4.16. The first-order valence-corrected chi connectivity index (χ1v) is 6.21. The van der Waals surface area contributed by atoms with E-state index in [1.807, 2.05) is 32.0 Å². The Morgan fingerprint density at radius 2 is 2.00 bits per heavy atom. The molecule has 2 rings (SSSR count). The van der Waals surface area contributed by atoms with Gasteiger partial charge in [-0.3, -0.25) is 0 Å². The zero-order valence-corrected chi connectivity index (χ0v) is 11.7. The van der Waals surface area contributed by atoms with Crippen LogP contribution in [-0.4, -0.2) is 28.7 Å². The van der Waals surface area contributed by atoms with Gasteiger partial charge in [-0.05, 0) is 49.2 Å². The summed E-state index contributed by atoms with van der Waals surface area (Å²) in [5.41, 5.74) is 1.86. The zero-order chi connectivity index (χ0) is 13.8. The lowest BCUT2D eigenvalue weighted by Crippen LogP contribution is -2.02. The van der Waals surface area contributed by atoms with Crippen molar-refractivity contribution in [2.24, 2.45) is 0 Å². The van der Waals surface area contributed by atoms with E-state index in [-0.39, 0.29) is 11.3 Å². The molecule has 6 heteroatoms. The molecule has 0 unspecified atom stereocenters. The fraction of sp³-hybridized carbons (Fsp3) is 0.308. The van der Waals surface area contributed by atoms with Crippen molar-refractivity contribution in [1.29, 1.82) is 0 Å². The fourth-order valence-electron chi connectivity index (χ4n) is 1.66. The second kappa shape index (κ2) is 5.84. The molecule has 1 aromatic heterocycles. The number of aryl methyl sites for hydroxylation is 1. The van der Waals surface area contributed by atoms with E-state index in [2.05, 4.69) is 15.0 Å². The van der Waals surface area contributed by atoms with Gasteiger partial charge in [0.25, 0.3) is 0 Å². The molecule has 0 atom stereocenters. The summed E-state index contributed by atoms with van der Waals surface area (Å²) < 4.78 is 10.4. The molecule has 0 aliphatic carbocycles. The molecule has 1 heterocycles. The number of aromatic nitrogens is 3. The average molecular weight is 280 g/mol. The summed E-state index contributed by atoms with van der Waals surface area (Å²) in [6.45, 7) is 4.28.